The van der Waals surface area contributed by atoms with E-state index in [1.807, 2.05) is 12.1 Å². The lowest BCUT2D eigenvalue weighted by Gasteiger charge is -2.17. The van der Waals surface area contributed by atoms with Gasteiger partial charge in [-0.15, -0.1) is 0 Å². The zero-order chi connectivity index (χ0) is 13.0. The van der Waals surface area contributed by atoms with Crippen LogP contribution in [0.2, 0.25) is 0 Å². The van der Waals surface area contributed by atoms with Crippen molar-refractivity contribution in [3.05, 3.63) is 29.3 Å². The lowest BCUT2D eigenvalue weighted by molar-refractivity contribution is -0.116. The van der Waals surface area contributed by atoms with Gasteiger partial charge in [0.15, 0.2) is 0 Å². The Morgan fingerprint density at radius 1 is 1.44 bits per heavy atom. The number of carbonyl (C=O) groups is 2. The quantitative estimate of drug-likeness (QED) is 0.851. The van der Waals surface area contributed by atoms with Crippen LogP contribution in [0, 0.1) is 0 Å². The molecule has 1 aliphatic heterocycles. The molecule has 5 nitrogen and oxygen atoms in total. The van der Waals surface area contributed by atoms with Crippen LogP contribution in [0.15, 0.2) is 18.2 Å². The number of benzene rings is 1. The van der Waals surface area contributed by atoms with E-state index in [0.29, 0.717) is 13.0 Å². The van der Waals surface area contributed by atoms with Gasteiger partial charge in [0, 0.05) is 18.7 Å². The van der Waals surface area contributed by atoms with Crippen LogP contribution < -0.4 is 10.6 Å². The van der Waals surface area contributed by atoms with Crippen molar-refractivity contribution in [2.75, 3.05) is 19.0 Å². The predicted octanol–water partition coefficient (Wildman–Crippen LogP) is 1.47. The van der Waals surface area contributed by atoms with Gasteiger partial charge in [-0.05, 0) is 30.0 Å². The van der Waals surface area contributed by atoms with Crippen molar-refractivity contribution in [2.45, 2.75) is 19.3 Å². The molecule has 0 spiro atoms. The number of fused-ring (bicyclic) bond motifs is 1. The molecule has 5 heteroatoms. The fourth-order valence-corrected chi connectivity index (χ4v) is 1.97. The number of anilines is 1. The van der Waals surface area contributed by atoms with Crippen molar-refractivity contribution in [3.8, 4) is 0 Å². The van der Waals surface area contributed by atoms with E-state index in [2.05, 4.69) is 21.4 Å². The molecule has 0 fully saturated rings. The van der Waals surface area contributed by atoms with Crippen LogP contribution in [0.5, 0.6) is 0 Å². The number of alkyl carbamates (subject to hydrolysis) is 1. The zero-order valence-electron chi connectivity index (χ0n) is 10.3. The highest BCUT2D eigenvalue weighted by Crippen LogP contribution is 2.23. The Kier molecular flexibility index (Phi) is 3.82. The minimum Gasteiger partial charge on any atom is -0.453 e. The predicted molar refractivity (Wildman–Crippen MR) is 67.5 cm³/mol. The molecule has 0 saturated heterocycles. The third-order valence-corrected chi connectivity index (χ3v) is 2.93. The molecule has 0 saturated carbocycles. The van der Waals surface area contributed by atoms with Crippen LogP contribution in [0.1, 0.15) is 17.5 Å². The third-order valence-electron chi connectivity index (χ3n) is 2.93. The average Bonchev–Trinajstić information content (AvgIpc) is 2.38. The lowest BCUT2D eigenvalue weighted by atomic mass is 9.99. The molecule has 1 aliphatic rings. The second kappa shape index (κ2) is 5.53. The molecule has 0 radical (unpaired) electrons. The molecule has 2 amide bonds. The maximum absolute atomic E-state index is 11.2. The van der Waals surface area contributed by atoms with Gasteiger partial charge in [-0.3, -0.25) is 4.79 Å². The summed E-state index contributed by atoms with van der Waals surface area (Å²) in [5, 5.41) is 5.48. The topological polar surface area (TPSA) is 67.4 Å². The SMILES string of the molecule is COC(=O)NCCc1ccc2c(c1)CCC(=O)N2. The van der Waals surface area contributed by atoms with Gasteiger partial charge in [-0.25, -0.2) is 4.79 Å². The minimum atomic E-state index is -0.416. The molecule has 0 aliphatic carbocycles. The van der Waals surface area contributed by atoms with E-state index in [1.54, 1.807) is 0 Å². The van der Waals surface area contributed by atoms with Gasteiger partial charge in [0.25, 0.3) is 0 Å². The van der Waals surface area contributed by atoms with Crippen LogP contribution in [-0.2, 0) is 22.4 Å². The summed E-state index contributed by atoms with van der Waals surface area (Å²) in [6.07, 6.45) is 1.65. The summed E-state index contributed by atoms with van der Waals surface area (Å²) in [7, 11) is 1.34. The van der Waals surface area contributed by atoms with Gasteiger partial charge in [-0.1, -0.05) is 12.1 Å². The highest BCUT2D eigenvalue weighted by atomic mass is 16.5. The number of amides is 2. The molecule has 1 aromatic carbocycles. The first-order valence-electron chi connectivity index (χ1n) is 5.92. The molecule has 0 unspecified atom stereocenters. The number of ether oxygens (including phenoxy) is 1. The summed E-state index contributed by atoms with van der Waals surface area (Å²) in [5.41, 5.74) is 3.20. The van der Waals surface area contributed by atoms with Crippen molar-refractivity contribution < 1.29 is 14.3 Å². The molecular weight excluding hydrogens is 232 g/mol. The van der Waals surface area contributed by atoms with Crippen LogP contribution in [-0.4, -0.2) is 25.7 Å². The number of methoxy groups -OCH3 is 1. The normalized spacial score (nSPS) is 13.5. The van der Waals surface area contributed by atoms with Crippen LogP contribution in [0.25, 0.3) is 0 Å². The first-order chi connectivity index (χ1) is 8.69. The van der Waals surface area contributed by atoms with Gasteiger partial charge in [0.2, 0.25) is 5.91 Å². The Hall–Kier alpha value is -2.04. The van der Waals surface area contributed by atoms with E-state index < -0.39 is 6.09 Å². The van der Waals surface area contributed by atoms with E-state index >= 15 is 0 Å². The summed E-state index contributed by atoms with van der Waals surface area (Å²) in [4.78, 5) is 22.1. The maximum atomic E-state index is 11.2. The Morgan fingerprint density at radius 3 is 3.06 bits per heavy atom. The Morgan fingerprint density at radius 2 is 2.28 bits per heavy atom. The highest BCUT2D eigenvalue weighted by molar-refractivity contribution is 5.93. The van der Waals surface area contributed by atoms with Crippen molar-refractivity contribution in [1.29, 1.82) is 0 Å². The number of hydrogen-bond acceptors (Lipinski definition) is 3. The maximum Gasteiger partial charge on any atom is 0.406 e. The van der Waals surface area contributed by atoms with Gasteiger partial charge in [0.05, 0.1) is 7.11 Å². The molecule has 0 atom stereocenters. The van der Waals surface area contributed by atoms with Crippen molar-refractivity contribution >= 4 is 17.7 Å². The summed E-state index contributed by atoms with van der Waals surface area (Å²) in [6.45, 7) is 0.540. The first kappa shape index (κ1) is 12.4. The van der Waals surface area contributed by atoms with E-state index in [1.165, 1.54) is 7.11 Å². The Labute approximate surface area is 106 Å². The number of nitrogens with one attached hydrogen (secondary N) is 2. The second-order valence-corrected chi connectivity index (χ2v) is 4.21. The molecule has 1 heterocycles. The summed E-state index contributed by atoms with van der Waals surface area (Å²) >= 11 is 0. The highest BCUT2D eigenvalue weighted by Gasteiger charge is 2.14. The monoisotopic (exact) mass is 248 g/mol. The van der Waals surface area contributed by atoms with Gasteiger partial charge in [-0.2, -0.15) is 0 Å². The van der Waals surface area contributed by atoms with Gasteiger partial charge >= 0.3 is 6.09 Å². The molecule has 0 bridgehead atoms. The third kappa shape index (κ3) is 3.00. The molecule has 1 aromatic rings. The largest absolute Gasteiger partial charge is 0.453 e. The van der Waals surface area contributed by atoms with Crippen LogP contribution in [0.3, 0.4) is 0 Å². The molecule has 96 valence electrons. The van der Waals surface area contributed by atoms with E-state index in [4.69, 9.17) is 0 Å². The van der Waals surface area contributed by atoms with E-state index in [9.17, 15) is 9.59 Å². The fraction of sp³-hybridized carbons (Fsp3) is 0.385. The molecular formula is C13H16N2O3. The minimum absolute atomic E-state index is 0.0719. The molecule has 2 rings (SSSR count). The standard InChI is InChI=1S/C13H16N2O3/c1-18-13(17)14-7-6-9-2-4-11-10(8-9)3-5-12(16)15-11/h2,4,8H,3,5-7H2,1H3,(H,14,17)(H,15,16). The average molecular weight is 248 g/mol. The van der Waals surface area contributed by atoms with E-state index in [-0.39, 0.29) is 5.91 Å². The van der Waals surface area contributed by atoms with E-state index in [0.717, 1.165) is 29.7 Å². The van der Waals surface area contributed by atoms with Crippen LogP contribution in [0.4, 0.5) is 10.5 Å². The second-order valence-electron chi connectivity index (χ2n) is 4.21. The van der Waals surface area contributed by atoms with Gasteiger partial charge in [0.1, 0.15) is 0 Å². The van der Waals surface area contributed by atoms with Crippen molar-refractivity contribution in [2.24, 2.45) is 0 Å². The smallest absolute Gasteiger partial charge is 0.406 e. The van der Waals surface area contributed by atoms with Crippen molar-refractivity contribution in [1.82, 2.24) is 5.32 Å². The Bertz CT molecular complexity index is 471. The van der Waals surface area contributed by atoms with Crippen LogP contribution >= 0.6 is 0 Å². The summed E-state index contributed by atoms with van der Waals surface area (Å²) < 4.78 is 4.49. The van der Waals surface area contributed by atoms with Gasteiger partial charge < -0.3 is 15.4 Å². The fourth-order valence-electron chi connectivity index (χ4n) is 1.97. The number of aryl methyl sites for hydroxylation is 1. The molecule has 2 N–H and O–H groups in total. The number of carbonyl (C=O) groups excluding carboxylic acids is 2. The number of hydrogen-bond donors (Lipinski definition) is 2. The summed E-state index contributed by atoms with van der Waals surface area (Å²) in [5.74, 6) is 0.0719. The Balaban J connectivity index is 1.95. The first-order valence-corrected chi connectivity index (χ1v) is 5.92. The molecule has 0 aromatic heterocycles. The number of rotatable bonds is 3. The summed E-state index contributed by atoms with van der Waals surface area (Å²) in [6, 6.07) is 5.96. The lowest BCUT2D eigenvalue weighted by Crippen LogP contribution is -2.25. The molecule has 18 heavy (non-hydrogen) atoms. The zero-order valence-corrected chi connectivity index (χ0v) is 10.3. The van der Waals surface area contributed by atoms with Crippen molar-refractivity contribution in [3.63, 3.8) is 0 Å².